The summed E-state index contributed by atoms with van der Waals surface area (Å²) < 4.78 is 7.42. The van der Waals surface area contributed by atoms with Crippen LogP contribution >= 0.6 is 23.2 Å². The van der Waals surface area contributed by atoms with E-state index in [1.54, 1.807) is 29.8 Å². The highest BCUT2D eigenvalue weighted by atomic mass is 35.5. The van der Waals surface area contributed by atoms with E-state index in [2.05, 4.69) is 0 Å². The first-order valence-electron chi connectivity index (χ1n) is 8.30. The molecule has 0 atom stereocenters. The van der Waals surface area contributed by atoms with Crippen LogP contribution in [0, 0.1) is 6.92 Å². The number of ether oxygens (including phenoxy) is 1. The Morgan fingerprint density at radius 3 is 2.48 bits per heavy atom. The van der Waals surface area contributed by atoms with Crippen molar-refractivity contribution in [2.45, 2.75) is 20.1 Å². The molecule has 0 aliphatic heterocycles. The highest BCUT2D eigenvalue weighted by Gasteiger charge is 2.13. The van der Waals surface area contributed by atoms with E-state index in [1.807, 2.05) is 30.3 Å². The first-order chi connectivity index (χ1) is 13.0. The van der Waals surface area contributed by atoms with Crippen molar-refractivity contribution >= 4 is 29.0 Å². The molecule has 3 rings (SSSR count). The summed E-state index contributed by atoms with van der Waals surface area (Å²) in [5, 5.41) is 0.718. The molecule has 0 aliphatic rings. The van der Waals surface area contributed by atoms with Crippen molar-refractivity contribution in [3.05, 3.63) is 97.9 Å². The van der Waals surface area contributed by atoms with Crippen LogP contribution in [-0.4, -0.2) is 10.4 Å². The van der Waals surface area contributed by atoms with Gasteiger partial charge in [0, 0.05) is 17.8 Å². The van der Waals surface area contributed by atoms with Crippen LogP contribution in [0.3, 0.4) is 0 Å². The second-order valence-electron chi connectivity index (χ2n) is 6.05. The van der Waals surface area contributed by atoms with E-state index in [0.717, 1.165) is 5.56 Å². The van der Waals surface area contributed by atoms with Gasteiger partial charge in [-0.2, -0.15) is 0 Å². The molecule has 27 heavy (non-hydrogen) atoms. The molecule has 6 heteroatoms. The number of halogens is 2. The zero-order chi connectivity index (χ0) is 19.4. The highest BCUT2D eigenvalue weighted by Crippen LogP contribution is 2.23. The van der Waals surface area contributed by atoms with Gasteiger partial charge in [-0.1, -0.05) is 53.5 Å². The molecule has 0 spiro atoms. The lowest BCUT2D eigenvalue weighted by Gasteiger charge is -2.14. The van der Waals surface area contributed by atoms with Gasteiger partial charge in [-0.15, -0.1) is 0 Å². The van der Waals surface area contributed by atoms with Crippen LogP contribution in [0.1, 0.15) is 21.6 Å². The number of pyridine rings is 1. The fraction of sp³-hybridized carbons (Fsp3) is 0.143. The van der Waals surface area contributed by atoms with E-state index >= 15 is 0 Å². The zero-order valence-electron chi connectivity index (χ0n) is 14.6. The van der Waals surface area contributed by atoms with Gasteiger partial charge >= 0.3 is 0 Å². The van der Waals surface area contributed by atoms with E-state index in [-0.39, 0.29) is 30.1 Å². The minimum Gasteiger partial charge on any atom is -0.483 e. The van der Waals surface area contributed by atoms with Crippen LogP contribution in [0.5, 0.6) is 5.75 Å². The Bertz CT molecular complexity index is 1030. The molecule has 0 N–H and O–H groups in total. The number of Topliss-reactive ketones (excluding diaryl/α,β-unsaturated/α-hetero) is 1. The van der Waals surface area contributed by atoms with E-state index in [0.29, 0.717) is 21.3 Å². The normalized spacial score (nSPS) is 10.6. The maximum Gasteiger partial charge on any atom is 0.223 e. The molecular weight excluding hydrogens is 385 g/mol. The van der Waals surface area contributed by atoms with Crippen molar-refractivity contribution in [2.75, 3.05) is 0 Å². The fourth-order valence-electron chi connectivity index (χ4n) is 2.65. The van der Waals surface area contributed by atoms with Crippen LogP contribution < -0.4 is 10.2 Å². The van der Waals surface area contributed by atoms with Crippen molar-refractivity contribution < 1.29 is 9.53 Å². The Balaban J connectivity index is 1.81. The SMILES string of the molecule is Cc1c(OCc2ccccc2)c(=O)ccn1CC(=O)c1ccc(Cl)c(Cl)c1. The van der Waals surface area contributed by atoms with E-state index in [1.165, 1.54) is 12.1 Å². The molecule has 3 aromatic rings. The van der Waals surface area contributed by atoms with Gasteiger partial charge in [0.1, 0.15) is 6.61 Å². The van der Waals surface area contributed by atoms with Gasteiger partial charge in [0.15, 0.2) is 11.5 Å². The van der Waals surface area contributed by atoms with E-state index < -0.39 is 0 Å². The molecular formula is C21H17Cl2NO3. The van der Waals surface area contributed by atoms with E-state index in [9.17, 15) is 9.59 Å². The summed E-state index contributed by atoms with van der Waals surface area (Å²) in [4.78, 5) is 24.8. The number of aromatic nitrogens is 1. The third kappa shape index (κ3) is 4.59. The lowest BCUT2D eigenvalue weighted by molar-refractivity contribution is 0.0970. The molecule has 138 valence electrons. The van der Waals surface area contributed by atoms with Gasteiger partial charge in [-0.05, 0) is 30.7 Å². The summed E-state index contributed by atoms with van der Waals surface area (Å²) in [6.45, 7) is 2.09. The number of carbonyl (C=O) groups is 1. The third-order valence-electron chi connectivity index (χ3n) is 4.17. The largest absolute Gasteiger partial charge is 0.483 e. The van der Waals surface area contributed by atoms with Crippen molar-refractivity contribution in [1.82, 2.24) is 4.57 Å². The molecule has 0 saturated heterocycles. The molecule has 0 amide bonds. The Kier molecular flexibility index (Phi) is 5.99. The third-order valence-corrected chi connectivity index (χ3v) is 4.91. The number of hydrogen-bond donors (Lipinski definition) is 0. The number of rotatable bonds is 6. The molecule has 0 bridgehead atoms. The number of benzene rings is 2. The molecule has 4 nitrogen and oxygen atoms in total. The van der Waals surface area contributed by atoms with Crippen LogP contribution in [0.2, 0.25) is 10.0 Å². The molecule has 1 heterocycles. The maximum atomic E-state index is 12.6. The summed E-state index contributed by atoms with van der Waals surface area (Å²) in [5.74, 6) is 0.0950. The summed E-state index contributed by atoms with van der Waals surface area (Å²) in [7, 11) is 0. The van der Waals surface area contributed by atoms with Gasteiger partial charge in [0.25, 0.3) is 0 Å². The maximum absolute atomic E-state index is 12.6. The lowest BCUT2D eigenvalue weighted by atomic mass is 10.1. The summed E-state index contributed by atoms with van der Waals surface area (Å²) in [6.07, 6.45) is 1.59. The van der Waals surface area contributed by atoms with Gasteiger partial charge in [0.05, 0.1) is 22.3 Å². The fourth-order valence-corrected chi connectivity index (χ4v) is 2.94. The molecule has 0 saturated carbocycles. The van der Waals surface area contributed by atoms with Gasteiger partial charge in [-0.3, -0.25) is 9.59 Å². The number of carbonyl (C=O) groups excluding carboxylic acids is 1. The van der Waals surface area contributed by atoms with Crippen LogP contribution in [-0.2, 0) is 13.2 Å². The van der Waals surface area contributed by atoms with Crippen molar-refractivity contribution in [3.63, 3.8) is 0 Å². The standard InChI is InChI=1S/C21H17Cl2NO3/c1-14-21(27-13-15-5-3-2-4-6-15)19(25)9-10-24(14)12-20(26)16-7-8-17(22)18(23)11-16/h2-11H,12-13H2,1H3. The van der Waals surface area contributed by atoms with Crippen molar-refractivity contribution in [3.8, 4) is 5.75 Å². The number of nitrogens with zero attached hydrogens (tertiary/aromatic N) is 1. The number of hydrogen-bond acceptors (Lipinski definition) is 3. The van der Waals surface area contributed by atoms with Gasteiger partial charge in [0.2, 0.25) is 5.43 Å². The van der Waals surface area contributed by atoms with Crippen molar-refractivity contribution in [1.29, 1.82) is 0 Å². The Morgan fingerprint density at radius 1 is 1.04 bits per heavy atom. The molecule has 0 fully saturated rings. The van der Waals surface area contributed by atoms with Crippen LogP contribution in [0.15, 0.2) is 65.6 Å². The smallest absolute Gasteiger partial charge is 0.223 e. The summed E-state index contributed by atoms with van der Waals surface area (Å²) in [6, 6.07) is 15.7. The second-order valence-corrected chi connectivity index (χ2v) is 6.86. The second kappa shape index (κ2) is 8.42. The first kappa shape index (κ1) is 19.2. The minimum atomic E-state index is -0.221. The Labute approximate surface area is 166 Å². The van der Waals surface area contributed by atoms with Crippen molar-refractivity contribution in [2.24, 2.45) is 0 Å². The van der Waals surface area contributed by atoms with Gasteiger partial charge in [-0.25, -0.2) is 0 Å². The molecule has 0 aliphatic carbocycles. The monoisotopic (exact) mass is 401 g/mol. The molecule has 0 radical (unpaired) electrons. The Morgan fingerprint density at radius 2 is 1.78 bits per heavy atom. The molecule has 1 aromatic heterocycles. The average molecular weight is 402 g/mol. The van der Waals surface area contributed by atoms with E-state index in [4.69, 9.17) is 27.9 Å². The molecule has 0 unspecified atom stereocenters. The average Bonchev–Trinajstić information content (AvgIpc) is 2.67. The predicted molar refractivity (Wildman–Crippen MR) is 107 cm³/mol. The molecule has 2 aromatic carbocycles. The van der Waals surface area contributed by atoms with Crippen LogP contribution in [0.4, 0.5) is 0 Å². The summed E-state index contributed by atoms with van der Waals surface area (Å²) >= 11 is 11.9. The summed E-state index contributed by atoms with van der Waals surface area (Å²) in [5.41, 5.74) is 1.78. The Hall–Kier alpha value is -2.56. The topological polar surface area (TPSA) is 48.3 Å². The zero-order valence-corrected chi connectivity index (χ0v) is 16.1. The highest BCUT2D eigenvalue weighted by molar-refractivity contribution is 6.42. The lowest BCUT2D eigenvalue weighted by Crippen LogP contribution is -2.18. The predicted octanol–water partition coefficient (Wildman–Crippen LogP) is 4.93. The first-order valence-corrected chi connectivity index (χ1v) is 9.06. The quantitative estimate of drug-likeness (QED) is 0.550. The number of ketones is 1. The minimum absolute atomic E-state index is 0.0613. The van der Waals surface area contributed by atoms with Crippen LogP contribution in [0.25, 0.3) is 0 Å². The van der Waals surface area contributed by atoms with Gasteiger partial charge < -0.3 is 9.30 Å².